The van der Waals surface area contributed by atoms with Gasteiger partial charge in [0.2, 0.25) is 0 Å². The number of rotatable bonds is 6. The van der Waals surface area contributed by atoms with Crippen molar-refractivity contribution >= 4 is 22.2 Å². The molecule has 0 aliphatic rings. The molecule has 0 bridgehead atoms. The third-order valence-corrected chi connectivity index (χ3v) is 6.03. The van der Waals surface area contributed by atoms with Gasteiger partial charge in [0, 0.05) is 65.3 Å². The van der Waals surface area contributed by atoms with Gasteiger partial charge in [-0.2, -0.15) is 0 Å². The third-order valence-electron chi connectivity index (χ3n) is 6.03. The van der Waals surface area contributed by atoms with E-state index in [-0.39, 0.29) is 5.56 Å². The number of H-pyrrole nitrogens is 2. The van der Waals surface area contributed by atoms with Gasteiger partial charge in [-0.15, -0.1) is 0 Å². The Kier molecular flexibility index (Phi) is 4.92. The second kappa shape index (κ2) is 8.37. The molecule has 0 saturated heterocycles. The van der Waals surface area contributed by atoms with Gasteiger partial charge >= 0.3 is 0 Å². The highest BCUT2D eigenvalue weighted by Gasteiger charge is 2.13. The van der Waals surface area contributed by atoms with E-state index in [9.17, 15) is 4.79 Å². The molecule has 0 aliphatic heterocycles. The molecule has 5 heterocycles. The second-order valence-electron chi connectivity index (χ2n) is 8.24. The van der Waals surface area contributed by atoms with Crippen LogP contribution in [0, 0.1) is 0 Å². The molecule has 166 valence electrons. The summed E-state index contributed by atoms with van der Waals surface area (Å²) in [7, 11) is 0. The van der Waals surface area contributed by atoms with Crippen molar-refractivity contribution in [1.82, 2.24) is 24.3 Å². The van der Waals surface area contributed by atoms with Crippen molar-refractivity contribution in [1.29, 1.82) is 0 Å². The molecule has 0 atom stereocenters. The molecule has 7 nitrogen and oxygen atoms in total. The smallest absolute Gasteiger partial charge is 0.272 e. The Bertz CT molecular complexity index is 1640. The van der Waals surface area contributed by atoms with E-state index in [1.165, 1.54) is 0 Å². The Labute approximate surface area is 195 Å². The zero-order valence-electron chi connectivity index (χ0n) is 18.3. The van der Waals surface area contributed by atoms with Gasteiger partial charge in [0.15, 0.2) is 0 Å². The summed E-state index contributed by atoms with van der Waals surface area (Å²) < 4.78 is 1.98. The van der Waals surface area contributed by atoms with Crippen molar-refractivity contribution in [3.05, 3.63) is 119 Å². The highest BCUT2D eigenvalue weighted by Crippen LogP contribution is 2.29. The summed E-state index contributed by atoms with van der Waals surface area (Å²) in [6.45, 7) is 0.677. The van der Waals surface area contributed by atoms with Crippen molar-refractivity contribution in [2.75, 3.05) is 5.32 Å². The lowest BCUT2D eigenvalue weighted by Crippen LogP contribution is -2.11. The fourth-order valence-corrected chi connectivity index (χ4v) is 4.29. The maximum Gasteiger partial charge on any atom is 0.272 e. The summed E-state index contributed by atoms with van der Waals surface area (Å²) in [5.41, 5.74) is 7.55. The van der Waals surface area contributed by atoms with Gasteiger partial charge in [-0.25, -0.2) is 4.98 Å². The number of pyridine rings is 2. The first-order valence-corrected chi connectivity index (χ1v) is 11.1. The van der Waals surface area contributed by atoms with Crippen LogP contribution in [0.25, 0.3) is 27.7 Å². The molecule has 3 N–H and O–H groups in total. The minimum absolute atomic E-state index is 0.109. The molecular formula is C27H22N6O. The first-order chi connectivity index (χ1) is 16.7. The Hall–Kier alpha value is -4.65. The van der Waals surface area contributed by atoms with Crippen molar-refractivity contribution in [2.45, 2.75) is 13.0 Å². The normalized spacial score (nSPS) is 11.3. The van der Waals surface area contributed by atoms with Crippen molar-refractivity contribution in [3.8, 4) is 11.1 Å². The molecule has 34 heavy (non-hydrogen) atoms. The maximum absolute atomic E-state index is 12.6. The quantitative estimate of drug-likeness (QED) is 0.344. The Morgan fingerprint density at radius 1 is 0.912 bits per heavy atom. The molecule has 0 amide bonds. The Morgan fingerprint density at radius 3 is 2.65 bits per heavy atom. The predicted octanol–water partition coefficient (Wildman–Crippen LogP) is 4.77. The molecule has 7 heteroatoms. The topological polar surface area (TPSA) is 90.9 Å². The fourth-order valence-electron chi connectivity index (χ4n) is 4.29. The monoisotopic (exact) mass is 446 g/mol. The average molecular weight is 447 g/mol. The highest BCUT2D eigenvalue weighted by atomic mass is 16.1. The molecule has 0 radical (unpaired) electrons. The molecule has 0 saturated carbocycles. The van der Waals surface area contributed by atoms with Gasteiger partial charge in [-0.1, -0.05) is 18.2 Å². The standard InChI is InChI=1S/C27H22N6O/c34-27-25-13-19(24-16-31-26-23(24)5-3-11-29-26)17-33(25)22(15-32-27)12-18-6-8-20(9-7-18)30-14-21-4-1-2-10-28-21/h1-11,13,15-17,30H,12,14H2,(H,29,31)(H,32,34). The van der Waals surface area contributed by atoms with Crippen LogP contribution in [0.4, 0.5) is 5.69 Å². The minimum atomic E-state index is -0.109. The van der Waals surface area contributed by atoms with E-state index in [2.05, 4.69) is 49.5 Å². The zero-order valence-corrected chi connectivity index (χ0v) is 18.3. The van der Waals surface area contributed by atoms with E-state index in [4.69, 9.17) is 0 Å². The molecule has 0 aliphatic carbocycles. The SMILES string of the molecule is O=c1[nH]cc(Cc2ccc(NCc3ccccn3)cc2)n2cc(-c3c[nH]c4ncccc34)cc12. The third kappa shape index (κ3) is 3.73. The lowest BCUT2D eigenvalue weighted by Gasteiger charge is -2.09. The van der Waals surface area contributed by atoms with Crippen LogP contribution in [0.1, 0.15) is 17.0 Å². The number of anilines is 1. The van der Waals surface area contributed by atoms with E-state index in [1.807, 2.05) is 53.2 Å². The van der Waals surface area contributed by atoms with E-state index in [0.29, 0.717) is 18.5 Å². The summed E-state index contributed by atoms with van der Waals surface area (Å²) in [5, 5.41) is 4.43. The first kappa shape index (κ1) is 20.0. The van der Waals surface area contributed by atoms with Crippen LogP contribution in [0.5, 0.6) is 0 Å². The maximum atomic E-state index is 12.6. The molecule has 1 aromatic carbocycles. The lowest BCUT2D eigenvalue weighted by atomic mass is 10.1. The Balaban J connectivity index is 1.27. The van der Waals surface area contributed by atoms with Gasteiger partial charge in [0.05, 0.1) is 12.2 Å². The van der Waals surface area contributed by atoms with Crippen LogP contribution in [0.3, 0.4) is 0 Å². The van der Waals surface area contributed by atoms with Gasteiger partial charge in [-0.05, 0) is 48.0 Å². The molecule has 5 aromatic heterocycles. The largest absolute Gasteiger partial charge is 0.379 e. The van der Waals surface area contributed by atoms with Crippen molar-refractivity contribution < 1.29 is 0 Å². The molecular weight excluding hydrogens is 424 g/mol. The zero-order chi connectivity index (χ0) is 22.9. The molecule has 0 fully saturated rings. The van der Waals surface area contributed by atoms with E-state index >= 15 is 0 Å². The van der Waals surface area contributed by atoms with Gasteiger partial charge in [-0.3, -0.25) is 9.78 Å². The summed E-state index contributed by atoms with van der Waals surface area (Å²) in [4.78, 5) is 27.4. The number of aromatic nitrogens is 5. The van der Waals surface area contributed by atoms with Crippen LogP contribution in [-0.4, -0.2) is 24.3 Å². The van der Waals surface area contributed by atoms with Crippen LogP contribution >= 0.6 is 0 Å². The van der Waals surface area contributed by atoms with E-state index in [1.54, 1.807) is 18.6 Å². The number of nitrogens with one attached hydrogen (secondary N) is 3. The molecule has 6 aromatic rings. The van der Waals surface area contributed by atoms with Crippen molar-refractivity contribution in [2.24, 2.45) is 0 Å². The van der Waals surface area contributed by atoms with E-state index in [0.717, 1.165) is 44.8 Å². The molecule has 0 spiro atoms. The molecule has 6 rings (SSSR count). The first-order valence-electron chi connectivity index (χ1n) is 11.1. The van der Waals surface area contributed by atoms with Gasteiger partial charge in [0.1, 0.15) is 11.2 Å². The number of nitrogens with zero attached hydrogens (tertiary/aromatic N) is 3. The number of hydrogen-bond acceptors (Lipinski definition) is 4. The van der Waals surface area contributed by atoms with Crippen LogP contribution in [0.15, 0.2) is 96.4 Å². The summed E-state index contributed by atoms with van der Waals surface area (Å²) in [5.74, 6) is 0. The number of benzene rings is 1. The van der Waals surface area contributed by atoms with Gasteiger partial charge < -0.3 is 19.7 Å². The fraction of sp³-hybridized carbons (Fsp3) is 0.0741. The van der Waals surface area contributed by atoms with Crippen LogP contribution < -0.4 is 10.9 Å². The second-order valence-corrected chi connectivity index (χ2v) is 8.24. The summed E-state index contributed by atoms with van der Waals surface area (Å²) in [6.07, 6.45) is 10.0. The van der Waals surface area contributed by atoms with Gasteiger partial charge in [0.25, 0.3) is 5.56 Å². The minimum Gasteiger partial charge on any atom is -0.379 e. The average Bonchev–Trinajstić information content (AvgIpc) is 3.51. The van der Waals surface area contributed by atoms with Crippen molar-refractivity contribution in [3.63, 3.8) is 0 Å². The summed E-state index contributed by atoms with van der Waals surface area (Å²) >= 11 is 0. The number of fused-ring (bicyclic) bond motifs is 2. The predicted molar refractivity (Wildman–Crippen MR) is 134 cm³/mol. The number of aromatic amines is 2. The van der Waals surface area contributed by atoms with E-state index < -0.39 is 0 Å². The van der Waals surface area contributed by atoms with Crippen LogP contribution in [0.2, 0.25) is 0 Å². The molecule has 0 unspecified atom stereocenters. The number of hydrogen-bond donors (Lipinski definition) is 3. The Morgan fingerprint density at radius 2 is 1.79 bits per heavy atom. The lowest BCUT2D eigenvalue weighted by molar-refractivity contribution is 0.969. The summed E-state index contributed by atoms with van der Waals surface area (Å²) in [6, 6.07) is 20.1. The van der Waals surface area contributed by atoms with Crippen LogP contribution in [-0.2, 0) is 13.0 Å². The highest BCUT2D eigenvalue weighted by molar-refractivity contribution is 5.94.